The molecule has 21 heavy (non-hydrogen) atoms. The van der Waals surface area contributed by atoms with E-state index in [4.69, 9.17) is 4.74 Å². The molecule has 0 aromatic carbocycles. The Morgan fingerprint density at radius 2 is 2.05 bits per heavy atom. The van der Waals surface area contributed by atoms with E-state index in [1.165, 1.54) is 39.2 Å². The zero-order valence-corrected chi connectivity index (χ0v) is 15.7. The number of hydrogen-bond acceptors (Lipinski definition) is 3. The van der Waals surface area contributed by atoms with Crippen LogP contribution in [0.3, 0.4) is 0 Å². The average molecular weight is 409 g/mol. The number of aliphatic imine (C=N–C) groups is 1. The first kappa shape index (κ1) is 18.5. The lowest BCUT2D eigenvalue weighted by Crippen LogP contribution is -2.43. The number of carbonyl (C=O) groups is 1. The molecule has 2 rings (SSSR count). The molecule has 1 heterocycles. The minimum absolute atomic E-state index is 0. The van der Waals surface area contributed by atoms with Gasteiger partial charge >= 0.3 is 5.97 Å². The standard InChI is InChI=1S/C15H27N3O2.HI/c1-12(13(19)20-3)10-17-14(16-2)18-9-8-15(11-18)6-4-5-7-15;/h12H,4-11H2,1-3H3,(H,16,17);1H. The summed E-state index contributed by atoms with van der Waals surface area (Å²) >= 11 is 0. The predicted octanol–water partition coefficient (Wildman–Crippen LogP) is 2.26. The highest BCUT2D eigenvalue weighted by molar-refractivity contribution is 14.0. The molecule has 0 bridgehead atoms. The summed E-state index contributed by atoms with van der Waals surface area (Å²) in [6.45, 7) is 4.63. The second kappa shape index (κ2) is 8.19. The van der Waals surface area contributed by atoms with E-state index in [9.17, 15) is 4.79 Å². The van der Waals surface area contributed by atoms with E-state index in [-0.39, 0.29) is 35.9 Å². The van der Waals surface area contributed by atoms with Crippen molar-refractivity contribution in [3.8, 4) is 0 Å². The van der Waals surface area contributed by atoms with Crippen LogP contribution >= 0.6 is 24.0 Å². The Bertz CT molecular complexity index is 381. The Hall–Kier alpha value is -0.530. The molecule has 122 valence electrons. The van der Waals surface area contributed by atoms with Crippen LogP contribution in [0.4, 0.5) is 0 Å². The molecule has 0 aromatic heterocycles. The molecule has 1 aliphatic carbocycles. The highest BCUT2D eigenvalue weighted by atomic mass is 127. The van der Waals surface area contributed by atoms with Gasteiger partial charge in [0.05, 0.1) is 13.0 Å². The summed E-state index contributed by atoms with van der Waals surface area (Å²) in [6.07, 6.45) is 6.75. The summed E-state index contributed by atoms with van der Waals surface area (Å²) in [7, 11) is 3.24. The number of methoxy groups -OCH3 is 1. The third-order valence-electron chi connectivity index (χ3n) is 4.78. The van der Waals surface area contributed by atoms with Gasteiger partial charge in [0.2, 0.25) is 0 Å². The number of likely N-dealkylation sites (tertiary alicyclic amines) is 1. The smallest absolute Gasteiger partial charge is 0.310 e. The summed E-state index contributed by atoms with van der Waals surface area (Å²) in [4.78, 5) is 18.1. The minimum Gasteiger partial charge on any atom is -0.469 e. The maximum Gasteiger partial charge on any atom is 0.310 e. The van der Waals surface area contributed by atoms with Gasteiger partial charge in [0.15, 0.2) is 5.96 Å². The molecule has 1 unspecified atom stereocenters. The van der Waals surface area contributed by atoms with Crippen LogP contribution in [-0.4, -0.2) is 50.6 Å². The normalized spacial score (nSPS) is 22.0. The summed E-state index contributed by atoms with van der Waals surface area (Å²) < 4.78 is 4.75. The van der Waals surface area contributed by atoms with E-state index < -0.39 is 0 Å². The molecule has 0 amide bonds. The van der Waals surface area contributed by atoms with Gasteiger partial charge in [-0.15, -0.1) is 24.0 Å². The lowest BCUT2D eigenvalue weighted by Gasteiger charge is -2.26. The molecule has 2 fully saturated rings. The van der Waals surface area contributed by atoms with Crippen LogP contribution in [-0.2, 0) is 9.53 Å². The molecule has 0 radical (unpaired) electrons. The molecule has 6 heteroatoms. The van der Waals surface area contributed by atoms with Crippen molar-refractivity contribution in [3.63, 3.8) is 0 Å². The Labute approximate surface area is 144 Å². The molecule has 0 aromatic rings. The van der Waals surface area contributed by atoms with Crippen LogP contribution in [0.5, 0.6) is 0 Å². The second-order valence-corrected chi connectivity index (χ2v) is 6.23. The van der Waals surface area contributed by atoms with E-state index in [0.717, 1.165) is 19.0 Å². The molecule has 1 saturated carbocycles. The predicted molar refractivity (Wildman–Crippen MR) is 95.0 cm³/mol. The topological polar surface area (TPSA) is 53.9 Å². The van der Waals surface area contributed by atoms with Crippen LogP contribution in [0.15, 0.2) is 4.99 Å². The number of nitrogens with zero attached hydrogens (tertiary/aromatic N) is 2. The largest absolute Gasteiger partial charge is 0.469 e. The third-order valence-corrected chi connectivity index (χ3v) is 4.78. The summed E-state index contributed by atoms with van der Waals surface area (Å²) in [5.74, 6) is 0.589. The van der Waals surface area contributed by atoms with Crippen LogP contribution < -0.4 is 5.32 Å². The van der Waals surface area contributed by atoms with E-state index in [2.05, 4.69) is 15.2 Å². The molecule has 1 atom stereocenters. The molecule has 2 aliphatic rings. The van der Waals surface area contributed by atoms with Crippen molar-refractivity contribution in [3.05, 3.63) is 0 Å². The average Bonchev–Trinajstić information content (AvgIpc) is 3.09. The fourth-order valence-corrected chi connectivity index (χ4v) is 3.51. The first-order chi connectivity index (χ1) is 9.60. The van der Waals surface area contributed by atoms with Crippen molar-refractivity contribution >= 4 is 35.9 Å². The zero-order chi connectivity index (χ0) is 14.6. The number of esters is 1. The molecule has 1 aliphatic heterocycles. The quantitative estimate of drug-likeness (QED) is 0.336. The highest BCUT2D eigenvalue weighted by Gasteiger charge is 2.41. The number of carbonyl (C=O) groups excluding carboxylic acids is 1. The Kier molecular flexibility index (Phi) is 7.23. The number of guanidine groups is 1. The van der Waals surface area contributed by atoms with E-state index in [1.54, 1.807) is 0 Å². The number of nitrogens with one attached hydrogen (secondary N) is 1. The number of hydrogen-bond donors (Lipinski definition) is 1. The van der Waals surface area contributed by atoms with Crippen molar-refractivity contribution in [2.45, 2.75) is 39.0 Å². The number of halogens is 1. The Balaban J connectivity index is 0.00000220. The molecule has 1 spiro atoms. The van der Waals surface area contributed by atoms with Gasteiger partial charge in [-0.05, 0) is 24.7 Å². The number of ether oxygens (including phenoxy) is 1. The van der Waals surface area contributed by atoms with Crippen LogP contribution in [0.1, 0.15) is 39.0 Å². The monoisotopic (exact) mass is 409 g/mol. The first-order valence-corrected chi connectivity index (χ1v) is 7.64. The van der Waals surface area contributed by atoms with E-state index in [0.29, 0.717) is 12.0 Å². The van der Waals surface area contributed by atoms with Crippen molar-refractivity contribution in [1.82, 2.24) is 10.2 Å². The molecular weight excluding hydrogens is 381 g/mol. The van der Waals surface area contributed by atoms with E-state index >= 15 is 0 Å². The van der Waals surface area contributed by atoms with Crippen molar-refractivity contribution in [2.75, 3.05) is 33.8 Å². The second-order valence-electron chi connectivity index (χ2n) is 6.23. The Morgan fingerprint density at radius 3 is 2.62 bits per heavy atom. The van der Waals surface area contributed by atoms with E-state index in [1.807, 2.05) is 14.0 Å². The third kappa shape index (κ3) is 4.47. The highest BCUT2D eigenvalue weighted by Crippen LogP contribution is 2.45. The molecule has 1 N–H and O–H groups in total. The maximum atomic E-state index is 11.4. The first-order valence-electron chi connectivity index (χ1n) is 7.64. The lowest BCUT2D eigenvalue weighted by atomic mass is 9.86. The van der Waals surface area contributed by atoms with Crippen molar-refractivity contribution in [1.29, 1.82) is 0 Å². The van der Waals surface area contributed by atoms with Crippen LogP contribution in [0.2, 0.25) is 0 Å². The van der Waals surface area contributed by atoms with Gasteiger partial charge in [0.1, 0.15) is 0 Å². The van der Waals surface area contributed by atoms with Crippen molar-refractivity contribution in [2.24, 2.45) is 16.3 Å². The summed E-state index contributed by atoms with van der Waals surface area (Å²) in [5.41, 5.74) is 0.533. The van der Waals surface area contributed by atoms with Crippen LogP contribution in [0, 0.1) is 11.3 Å². The van der Waals surface area contributed by atoms with Gasteiger partial charge in [-0.1, -0.05) is 19.8 Å². The fraction of sp³-hybridized carbons (Fsp3) is 0.867. The van der Waals surface area contributed by atoms with Gasteiger partial charge < -0.3 is 15.0 Å². The maximum absolute atomic E-state index is 11.4. The van der Waals surface area contributed by atoms with Gasteiger partial charge in [0, 0.05) is 26.7 Å². The Morgan fingerprint density at radius 1 is 1.38 bits per heavy atom. The molecular formula is C15H28IN3O2. The van der Waals surface area contributed by atoms with Crippen LogP contribution in [0.25, 0.3) is 0 Å². The van der Waals surface area contributed by atoms with Gasteiger partial charge in [-0.25, -0.2) is 0 Å². The van der Waals surface area contributed by atoms with Crippen molar-refractivity contribution < 1.29 is 9.53 Å². The lowest BCUT2D eigenvalue weighted by molar-refractivity contribution is -0.144. The van der Waals surface area contributed by atoms with Gasteiger partial charge in [0.25, 0.3) is 0 Å². The molecule has 5 nitrogen and oxygen atoms in total. The summed E-state index contributed by atoms with van der Waals surface area (Å²) in [6, 6.07) is 0. The number of rotatable bonds is 3. The zero-order valence-electron chi connectivity index (χ0n) is 13.4. The molecule has 1 saturated heterocycles. The minimum atomic E-state index is -0.179. The fourth-order valence-electron chi connectivity index (χ4n) is 3.51. The SMILES string of the molecule is CN=C(NCC(C)C(=O)OC)N1CCC2(CCCC2)C1.I. The summed E-state index contributed by atoms with van der Waals surface area (Å²) in [5, 5.41) is 3.31. The van der Waals surface area contributed by atoms with Gasteiger partial charge in [-0.2, -0.15) is 0 Å². The van der Waals surface area contributed by atoms with Gasteiger partial charge in [-0.3, -0.25) is 9.79 Å².